The molecule has 1 fully saturated rings. The van der Waals surface area contributed by atoms with Crippen LogP contribution in [0, 0.1) is 56.7 Å². The van der Waals surface area contributed by atoms with E-state index in [4.69, 9.17) is 62.0 Å². The van der Waals surface area contributed by atoms with Crippen LogP contribution in [0.1, 0.15) is 148 Å². The average Bonchev–Trinajstić information content (AvgIpc) is 1.61. The van der Waals surface area contributed by atoms with E-state index in [1.807, 2.05) is 19.9 Å². The van der Waals surface area contributed by atoms with Crippen molar-refractivity contribution in [1.29, 1.82) is 0 Å². The molecule has 5 aliphatic rings. The Morgan fingerprint density at radius 2 is 0.881 bits per heavy atom. The van der Waals surface area contributed by atoms with Gasteiger partial charge < -0.3 is 33.8 Å². The number of nitrogen functional groups attached to an aromatic ring is 1. The Hall–Kier alpha value is -9.06. The number of anilines is 2. The van der Waals surface area contributed by atoms with Gasteiger partial charge in [-0.1, -0.05) is 85.5 Å². The molecule has 24 nitrogen and oxygen atoms in total. The van der Waals surface area contributed by atoms with Crippen LogP contribution >= 0.6 is 46.4 Å². The van der Waals surface area contributed by atoms with Crippen molar-refractivity contribution in [2.75, 3.05) is 23.6 Å². The van der Waals surface area contributed by atoms with E-state index in [2.05, 4.69) is 4.74 Å². The maximum Gasteiger partial charge on any atom is 0.424 e. The number of carbonyl (C=O) groups excluding carboxylic acids is 5. The minimum absolute atomic E-state index is 0. The number of carbonyl (C=O) groups is 6. The van der Waals surface area contributed by atoms with E-state index in [0.29, 0.717) is 104 Å². The molecule has 0 saturated carbocycles. The Bertz CT molecular complexity index is 5360. The molecule has 6 N–H and O–H groups in total. The number of hydrogen-bond acceptors (Lipinski definition) is 14. The molecule has 0 aliphatic carbocycles. The summed E-state index contributed by atoms with van der Waals surface area (Å²) >= 11 is 24.5. The van der Waals surface area contributed by atoms with Crippen LogP contribution < -0.4 is 19.9 Å². The van der Waals surface area contributed by atoms with Gasteiger partial charge in [-0.05, 0) is 142 Å². The number of alkyl halides is 6. The maximum absolute atomic E-state index is 13.4. The monoisotopic (exact) mass is 1840 g/mol. The second kappa shape index (κ2) is 41.3. The van der Waals surface area contributed by atoms with E-state index in [1.165, 1.54) is 38.3 Å². The second-order valence-corrected chi connectivity index (χ2v) is 30.7. The largest absolute Gasteiger partial charge is 0.481 e. The van der Waals surface area contributed by atoms with Crippen molar-refractivity contribution in [3.63, 3.8) is 0 Å². The number of benzene rings is 4. The van der Waals surface area contributed by atoms with Gasteiger partial charge in [0.25, 0.3) is 16.2 Å². The Labute approximate surface area is 696 Å². The molecular formula is C73H74Cl4F14FeN10O14S2. The number of carboxylic acid groups (broad SMARTS) is 1. The molecule has 13 rings (SSSR count). The predicted octanol–water partition coefficient (Wildman–Crippen LogP) is 16.4. The van der Waals surface area contributed by atoms with E-state index in [1.54, 1.807) is 4.57 Å². The summed E-state index contributed by atoms with van der Waals surface area (Å²) in [5.74, 6) is -10.3. The third kappa shape index (κ3) is 24.4. The average molecular weight is 1840 g/mol. The van der Waals surface area contributed by atoms with Crippen LogP contribution in [0.4, 0.5) is 83.3 Å². The first-order valence-electron chi connectivity index (χ1n) is 34.1. The smallest absolute Gasteiger partial charge is 0.424 e. The van der Waals surface area contributed by atoms with Crippen LogP contribution in [-0.4, -0.2) is 122 Å². The molecule has 9 heterocycles. The number of aromatic nitrogens is 4. The van der Waals surface area contributed by atoms with Gasteiger partial charge in [0.2, 0.25) is 0 Å². The number of hydrogen-bond donors (Lipinski definition) is 5. The van der Waals surface area contributed by atoms with Crippen LogP contribution in [0.15, 0.2) is 78.9 Å². The van der Waals surface area contributed by atoms with E-state index in [9.17, 15) is 112 Å². The second-order valence-electron chi connectivity index (χ2n) is 26.0. The van der Waals surface area contributed by atoms with Crippen LogP contribution in [0.5, 0.6) is 0 Å². The number of cyclic esters (lactones) is 1. The van der Waals surface area contributed by atoms with Gasteiger partial charge in [0.05, 0.1) is 43.6 Å². The first-order chi connectivity index (χ1) is 53.6. The standard InChI is InChI=1S/C18H17ClF5N3O3S.C15H11ClF2N2O3.C15H13ClF2N2O.C15H12ClF2NO.C6H9F3N2O4S.C2H4O2.2CH4.Fe/c1-9(18(22,23)24)25-31(29,30)26-16-13-3-2-6-27(13)17(15(16)19)14(28)8-10-4-5-11(20)12(21)7-10;16-13-14(20(22)23)11-2-1-5-19(11)15(13)12(21)7-8-3-4-9(17)10(18)6-8;16-13-14(19)11-2-1-5-20(11)15(13)12(21)7-8-3-4-9(17)10(18)6-8;16-11-8-10-2-1-5-19(10)15(11)14(20)7-9-3-4-12(17)13(18)6-9;1-4(6(7,8)9)10-16(13,14)11-2-3-15-5(11)12;1-2(3)4;;;/h4-5,7,9,25-26H,2-3,6,8H2,1H3;3-4,6H,1-2,5,7H2;3-4,6H,1-2,5,7,19H2;3-4,6,8H,1-2,5,7H2;4,10H,2-3H2,1H3;1H3,(H,3,4);2*1H4;/t9-;;;;4-;;;;/m1...1..../s1. The van der Waals surface area contributed by atoms with Gasteiger partial charge in [0.1, 0.15) is 46.5 Å². The van der Waals surface area contributed by atoms with E-state index in [0.717, 1.165) is 99.1 Å². The zero-order valence-electron chi connectivity index (χ0n) is 60.4. The predicted molar refractivity (Wildman–Crippen MR) is 403 cm³/mol. The Kier molecular flexibility index (Phi) is 34.8. The number of halogens is 18. The van der Waals surface area contributed by atoms with Crippen LogP contribution in [0.2, 0.25) is 20.1 Å². The number of fused-ring (bicyclic) bond motifs is 4. The van der Waals surface area contributed by atoms with Gasteiger partial charge >= 0.3 is 34.3 Å². The van der Waals surface area contributed by atoms with Gasteiger partial charge in [-0.2, -0.15) is 56.9 Å². The Balaban J connectivity index is 0.000000262. The molecule has 1 amide bonds. The number of amides is 1. The molecule has 0 unspecified atom stereocenters. The zero-order valence-corrected chi connectivity index (χ0v) is 66.1. The summed E-state index contributed by atoms with van der Waals surface area (Å²) in [6.07, 6.45) is -5.57. The molecule has 1 saturated heterocycles. The summed E-state index contributed by atoms with van der Waals surface area (Å²) in [5, 5.41) is 18.8. The molecule has 8 aromatic rings. The zero-order chi connectivity index (χ0) is 85.4. The number of ketones is 4. The molecule has 118 heavy (non-hydrogen) atoms. The summed E-state index contributed by atoms with van der Waals surface area (Å²) in [7, 11) is -9.17. The number of nitro groups is 1. The van der Waals surface area contributed by atoms with E-state index in [-0.39, 0.29) is 136 Å². The fourth-order valence-corrected chi connectivity index (χ4v) is 16.4. The topological polar surface area (TPSA) is 328 Å². The molecule has 646 valence electrons. The number of nitrogens with zero attached hydrogens (tertiary/aromatic N) is 6. The van der Waals surface area contributed by atoms with Crippen molar-refractivity contribution in [2.45, 2.75) is 163 Å². The number of Topliss-reactive ketones (excluding diaryl/α,β-unsaturated/α-hetero) is 4. The molecule has 4 aromatic carbocycles. The number of carboxylic acids is 1. The maximum atomic E-state index is 13.4. The van der Waals surface area contributed by atoms with Crippen molar-refractivity contribution in [1.82, 2.24) is 32.0 Å². The van der Waals surface area contributed by atoms with Crippen molar-refractivity contribution >= 4 is 119 Å². The fraction of sp³-hybridized carbons (Fsp3) is 0.370. The number of aliphatic carboxylic acids is 1. The summed E-state index contributed by atoms with van der Waals surface area (Å²) < 4.78 is 242. The minimum atomic E-state index is -4.80. The molecular weight excluding hydrogens is 1770 g/mol. The Morgan fingerprint density at radius 1 is 0.534 bits per heavy atom. The number of ether oxygens (including phenoxy) is 1. The minimum Gasteiger partial charge on any atom is -0.481 e. The molecule has 4 aromatic heterocycles. The number of nitrogens with one attached hydrogen (secondary N) is 3. The quantitative estimate of drug-likeness (QED) is 0.0156. The van der Waals surface area contributed by atoms with Crippen LogP contribution in [0.3, 0.4) is 0 Å². The molecule has 0 radical (unpaired) electrons. The van der Waals surface area contributed by atoms with Crippen LogP contribution in [-0.2, 0) is 125 Å². The first-order valence-corrected chi connectivity index (χ1v) is 38.5. The van der Waals surface area contributed by atoms with Crippen molar-refractivity contribution in [3.05, 3.63) is 223 Å². The third-order valence-corrected chi connectivity index (χ3v) is 21.9. The summed E-state index contributed by atoms with van der Waals surface area (Å²) in [6, 6.07) is 10.2. The van der Waals surface area contributed by atoms with Gasteiger partial charge in [-0.3, -0.25) is 38.8 Å². The number of nitrogens with two attached hydrogens (primary N) is 1. The molecule has 5 aliphatic heterocycles. The van der Waals surface area contributed by atoms with E-state index < -0.39 is 120 Å². The van der Waals surface area contributed by atoms with Gasteiger partial charge in [0.15, 0.2) is 69.7 Å². The van der Waals surface area contributed by atoms with Crippen molar-refractivity contribution in [3.8, 4) is 0 Å². The van der Waals surface area contributed by atoms with Crippen LogP contribution in [0.25, 0.3) is 0 Å². The molecule has 45 heteroatoms. The molecule has 0 spiro atoms. The summed E-state index contributed by atoms with van der Waals surface area (Å²) in [6.45, 7) is 4.19. The van der Waals surface area contributed by atoms with Crippen molar-refractivity contribution < 1.29 is 139 Å². The van der Waals surface area contributed by atoms with Gasteiger partial charge in [-0.15, -0.1) is 0 Å². The SMILES string of the molecule is C.C.CC(=O)O.C[C@@H](NS(=O)(=O)N1CCOC1=O)C(F)(F)F.C[C@@H](NS(=O)(=O)Nc1c(Cl)c(C(=O)Cc2ccc(F)c(F)c2)n2c1CCC2)C(F)(F)F.Nc1c(Cl)c(C(=O)Cc2ccc(F)c(F)c2)n2c1CCC2.O=C(Cc1ccc(F)c(F)c1)c1c(Cl)c([N+](=O)[O-])c2n1CCC2.O=C(Cc1ccc(F)c(F)c1)c1c(Cl)cc2n1CCC2.[Fe]. The van der Waals surface area contributed by atoms with E-state index >= 15 is 0 Å². The number of aryl methyl sites for hydroxylation is 1. The number of rotatable bonds is 20. The van der Waals surface area contributed by atoms with Crippen molar-refractivity contribution in [2.24, 2.45) is 0 Å². The Morgan fingerprint density at radius 3 is 1.27 bits per heavy atom. The molecule has 2 atom stereocenters. The van der Waals surface area contributed by atoms with Gasteiger partial charge in [-0.25, -0.2) is 39.9 Å². The fourth-order valence-electron chi connectivity index (χ4n) is 12.6. The summed E-state index contributed by atoms with van der Waals surface area (Å²) in [4.78, 5) is 80.5. The first kappa shape index (κ1) is 99.5. The normalized spacial score (nSPS) is 14.1. The molecule has 0 bridgehead atoms. The third-order valence-electron chi connectivity index (χ3n) is 17.8. The summed E-state index contributed by atoms with van der Waals surface area (Å²) in [5.41, 5.74) is 10.8. The van der Waals surface area contributed by atoms with Gasteiger partial charge in [0, 0.05) is 92.9 Å².